The Morgan fingerprint density at radius 2 is 1.80 bits per heavy atom. The van der Waals surface area contributed by atoms with Crippen LogP contribution in [0.3, 0.4) is 0 Å². The number of hydrogen-bond acceptors (Lipinski definition) is 4. The molecule has 0 saturated carbocycles. The molecule has 0 aliphatic rings. The van der Waals surface area contributed by atoms with Gasteiger partial charge in [0.15, 0.2) is 0 Å². The van der Waals surface area contributed by atoms with Crippen LogP contribution in [-0.2, 0) is 10.0 Å². The summed E-state index contributed by atoms with van der Waals surface area (Å²) in [5, 5.41) is 4.91. The van der Waals surface area contributed by atoms with Gasteiger partial charge < -0.3 is 10.6 Å². The predicted molar refractivity (Wildman–Crippen MR) is 62.9 cm³/mol. The lowest BCUT2D eigenvalue weighted by Gasteiger charge is -2.20. The van der Waals surface area contributed by atoms with Crippen LogP contribution >= 0.6 is 0 Å². The van der Waals surface area contributed by atoms with Crippen LogP contribution in [0.25, 0.3) is 0 Å². The van der Waals surface area contributed by atoms with Crippen LogP contribution in [0.5, 0.6) is 0 Å². The van der Waals surface area contributed by atoms with Crippen molar-refractivity contribution >= 4 is 10.0 Å². The molecule has 0 rings (SSSR count). The molecule has 4 N–H and O–H groups in total. The normalized spacial score (nSPS) is 14.9. The van der Waals surface area contributed by atoms with Gasteiger partial charge in [-0.1, -0.05) is 13.8 Å². The summed E-state index contributed by atoms with van der Waals surface area (Å²) in [4.78, 5) is 1.94. The Bertz CT molecular complexity index is 265. The van der Waals surface area contributed by atoms with Crippen LogP contribution in [0.2, 0.25) is 0 Å². The molecule has 0 aliphatic carbocycles. The number of nitrogens with two attached hydrogens (primary N) is 2. The fraction of sp³-hybridized carbons (Fsp3) is 1.00. The van der Waals surface area contributed by atoms with Crippen molar-refractivity contribution in [3.8, 4) is 0 Å². The molecule has 0 amide bonds. The number of hydrogen-bond donors (Lipinski definition) is 2. The minimum atomic E-state index is -3.35. The standard InChI is InChI=1S/C9H23N3O2S/c1-8(2)9(10)4-5-12(3)6-7-15(11,13)14/h8-9H,4-7,10H2,1-3H3,(H2,11,13,14). The molecule has 0 radical (unpaired) electrons. The highest BCUT2D eigenvalue weighted by Gasteiger charge is 2.10. The first-order valence-electron chi connectivity index (χ1n) is 5.17. The molecular formula is C9H23N3O2S. The molecule has 0 spiro atoms. The summed E-state index contributed by atoms with van der Waals surface area (Å²) >= 11 is 0. The number of primary sulfonamides is 1. The molecule has 0 aromatic heterocycles. The van der Waals surface area contributed by atoms with E-state index >= 15 is 0 Å². The predicted octanol–water partition coefficient (Wildman–Crippen LogP) is -0.420. The van der Waals surface area contributed by atoms with Crippen LogP contribution in [0.15, 0.2) is 0 Å². The van der Waals surface area contributed by atoms with Crippen LogP contribution < -0.4 is 10.9 Å². The third kappa shape index (κ3) is 8.80. The molecule has 0 saturated heterocycles. The average Bonchev–Trinajstić information content (AvgIpc) is 2.09. The van der Waals surface area contributed by atoms with E-state index in [1.54, 1.807) is 0 Å². The summed E-state index contributed by atoms with van der Waals surface area (Å²) in [5.74, 6) is 0.456. The minimum absolute atomic E-state index is 0.000413. The third-order valence-electron chi connectivity index (χ3n) is 2.46. The van der Waals surface area contributed by atoms with Gasteiger partial charge in [0.25, 0.3) is 0 Å². The van der Waals surface area contributed by atoms with E-state index in [0.29, 0.717) is 12.5 Å². The molecule has 5 nitrogen and oxygen atoms in total. The summed E-state index contributed by atoms with van der Waals surface area (Å²) < 4.78 is 21.4. The molecule has 0 bridgehead atoms. The van der Waals surface area contributed by atoms with E-state index in [9.17, 15) is 8.42 Å². The van der Waals surface area contributed by atoms with Gasteiger partial charge in [0.05, 0.1) is 5.75 Å². The van der Waals surface area contributed by atoms with Crippen molar-refractivity contribution in [2.75, 3.05) is 25.9 Å². The highest BCUT2D eigenvalue weighted by atomic mass is 32.2. The Balaban J connectivity index is 3.71. The number of rotatable bonds is 7. The molecule has 0 aromatic rings. The highest BCUT2D eigenvalue weighted by molar-refractivity contribution is 7.89. The van der Waals surface area contributed by atoms with Gasteiger partial charge >= 0.3 is 0 Å². The average molecular weight is 237 g/mol. The van der Waals surface area contributed by atoms with Crippen molar-refractivity contribution in [3.63, 3.8) is 0 Å². The zero-order chi connectivity index (χ0) is 12.1. The van der Waals surface area contributed by atoms with E-state index < -0.39 is 10.0 Å². The van der Waals surface area contributed by atoms with Gasteiger partial charge in [-0.15, -0.1) is 0 Å². The van der Waals surface area contributed by atoms with Crippen LogP contribution in [0.1, 0.15) is 20.3 Å². The van der Waals surface area contributed by atoms with Crippen LogP contribution in [0, 0.1) is 5.92 Å². The van der Waals surface area contributed by atoms with Gasteiger partial charge in [-0.3, -0.25) is 0 Å². The SMILES string of the molecule is CC(C)C(N)CCN(C)CCS(N)(=O)=O. The maximum atomic E-state index is 10.7. The minimum Gasteiger partial charge on any atom is -0.327 e. The molecular weight excluding hydrogens is 214 g/mol. The first-order chi connectivity index (χ1) is 6.72. The van der Waals surface area contributed by atoms with Crippen LogP contribution in [-0.4, -0.2) is 45.2 Å². The van der Waals surface area contributed by atoms with Gasteiger partial charge in [0.2, 0.25) is 10.0 Å². The van der Waals surface area contributed by atoms with Gasteiger partial charge in [-0.2, -0.15) is 0 Å². The molecule has 0 heterocycles. The van der Waals surface area contributed by atoms with E-state index in [0.717, 1.165) is 13.0 Å². The second-order valence-corrected chi connectivity index (χ2v) is 6.10. The second kappa shape index (κ2) is 6.42. The van der Waals surface area contributed by atoms with Gasteiger partial charge in [-0.25, -0.2) is 13.6 Å². The summed E-state index contributed by atoms with van der Waals surface area (Å²) in [6.07, 6.45) is 0.874. The first kappa shape index (κ1) is 14.8. The number of nitrogens with zero attached hydrogens (tertiary/aromatic N) is 1. The van der Waals surface area contributed by atoms with E-state index in [1.807, 2.05) is 11.9 Å². The fourth-order valence-corrected chi connectivity index (χ4v) is 1.66. The molecule has 1 atom stereocenters. The molecule has 6 heteroatoms. The molecule has 1 unspecified atom stereocenters. The maximum Gasteiger partial charge on any atom is 0.210 e. The molecule has 0 fully saturated rings. The highest BCUT2D eigenvalue weighted by Crippen LogP contribution is 2.03. The van der Waals surface area contributed by atoms with E-state index in [-0.39, 0.29) is 11.8 Å². The van der Waals surface area contributed by atoms with Crippen molar-refractivity contribution in [1.29, 1.82) is 0 Å². The van der Waals surface area contributed by atoms with Crippen molar-refractivity contribution in [2.45, 2.75) is 26.3 Å². The van der Waals surface area contributed by atoms with E-state index in [4.69, 9.17) is 10.9 Å². The van der Waals surface area contributed by atoms with Crippen molar-refractivity contribution in [1.82, 2.24) is 4.90 Å². The zero-order valence-corrected chi connectivity index (χ0v) is 10.6. The lowest BCUT2D eigenvalue weighted by Crippen LogP contribution is -2.34. The largest absolute Gasteiger partial charge is 0.327 e. The van der Waals surface area contributed by atoms with Gasteiger partial charge in [0, 0.05) is 12.6 Å². The first-order valence-corrected chi connectivity index (χ1v) is 6.88. The smallest absolute Gasteiger partial charge is 0.210 e. The lowest BCUT2D eigenvalue weighted by molar-refractivity contribution is 0.316. The van der Waals surface area contributed by atoms with Crippen molar-refractivity contribution in [2.24, 2.45) is 16.8 Å². The monoisotopic (exact) mass is 237 g/mol. The van der Waals surface area contributed by atoms with Gasteiger partial charge in [-0.05, 0) is 25.9 Å². The Labute approximate surface area is 92.9 Å². The Morgan fingerprint density at radius 1 is 1.27 bits per heavy atom. The lowest BCUT2D eigenvalue weighted by atomic mass is 10.0. The molecule has 15 heavy (non-hydrogen) atoms. The Kier molecular flexibility index (Phi) is 6.35. The molecule has 92 valence electrons. The maximum absolute atomic E-state index is 10.7. The summed E-state index contributed by atoms with van der Waals surface area (Å²) in [6.45, 7) is 5.42. The van der Waals surface area contributed by atoms with E-state index in [1.165, 1.54) is 0 Å². The quantitative estimate of drug-likeness (QED) is 0.629. The summed E-state index contributed by atoms with van der Waals surface area (Å²) in [6, 6.07) is 0.168. The Hall–Kier alpha value is -0.170. The Morgan fingerprint density at radius 3 is 2.20 bits per heavy atom. The summed E-state index contributed by atoms with van der Waals surface area (Å²) in [5.41, 5.74) is 5.88. The number of sulfonamides is 1. The molecule has 0 aromatic carbocycles. The second-order valence-electron chi connectivity index (χ2n) is 4.37. The fourth-order valence-electron chi connectivity index (χ4n) is 1.10. The summed E-state index contributed by atoms with van der Waals surface area (Å²) in [7, 11) is -1.47. The molecule has 0 aliphatic heterocycles. The van der Waals surface area contributed by atoms with Crippen molar-refractivity contribution in [3.05, 3.63) is 0 Å². The van der Waals surface area contributed by atoms with Crippen LogP contribution in [0.4, 0.5) is 0 Å². The van der Waals surface area contributed by atoms with Gasteiger partial charge in [0.1, 0.15) is 0 Å². The van der Waals surface area contributed by atoms with E-state index in [2.05, 4.69) is 13.8 Å². The zero-order valence-electron chi connectivity index (χ0n) is 9.81. The third-order valence-corrected chi connectivity index (χ3v) is 3.21. The van der Waals surface area contributed by atoms with Crippen molar-refractivity contribution < 1.29 is 8.42 Å². The topological polar surface area (TPSA) is 89.4 Å².